The number of carbonyl (C=O) groups excluding carboxylic acids is 1. The van der Waals surface area contributed by atoms with Gasteiger partial charge in [-0.3, -0.25) is 14.2 Å². The van der Waals surface area contributed by atoms with Gasteiger partial charge in [0.05, 0.1) is 29.0 Å². The zero-order valence-electron chi connectivity index (χ0n) is 26.8. The smallest absolute Gasteiger partial charge is 0.339 e. The highest BCUT2D eigenvalue weighted by Crippen LogP contribution is 2.29. The zero-order valence-corrected chi connectivity index (χ0v) is 26.8. The van der Waals surface area contributed by atoms with Crippen molar-refractivity contribution in [3.05, 3.63) is 84.4 Å². The first kappa shape index (κ1) is 30.2. The van der Waals surface area contributed by atoms with Crippen molar-refractivity contribution in [1.82, 2.24) is 54.8 Å². The predicted molar refractivity (Wildman–Crippen MR) is 181 cm³/mol. The average molecular weight is 642 g/mol. The Morgan fingerprint density at radius 3 is 1.67 bits per heavy atom. The second kappa shape index (κ2) is 11.4. The summed E-state index contributed by atoms with van der Waals surface area (Å²) in [5.74, 6) is -1.22. The topological polar surface area (TPSA) is 185 Å². The lowest BCUT2D eigenvalue weighted by Gasteiger charge is -2.19. The number of fused-ring (bicyclic) bond motifs is 4. The summed E-state index contributed by atoms with van der Waals surface area (Å²) in [4.78, 5) is 47.4. The van der Waals surface area contributed by atoms with E-state index in [9.17, 15) is 14.7 Å². The van der Waals surface area contributed by atoms with E-state index in [1.165, 1.54) is 6.20 Å². The van der Waals surface area contributed by atoms with Crippen LogP contribution in [0.5, 0.6) is 0 Å². The van der Waals surface area contributed by atoms with Gasteiger partial charge in [0.15, 0.2) is 11.3 Å². The van der Waals surface area contributed by atoms with Gasteiger partial charge in [-0.05, 0) is 32.9 Å². The summed E-state index contributed by atoms with van der Waals surface area (Å²) in [6.45, 7) is 5.82. The maximum Gasteiger partial charge on any atom is 0.339 e. The van der Waals surface area contributed by atoms with Crippen LogP contribution >= 0.6 is 0 Å². The van der Waals surface area contributed by atoms with E-state index in [2.05, 4.69) is 45.4 Å². The maximum atomic E-state index is 12.6. The number of hydrogen-bond donors (Lipinski definition) is 4. The van der Waals surface area contributed by atoms with Crippen LogP contribution in [0.2, 0.25) is 0 Å². The normalized spacial score (nSPS) is 11.7. The second-order valence-electron chi connectivity index (χ2n) is 12.3. The molecule has 4 N–H and O–H groups in total. The fourth-order valence-corrected chi connectivity index (χ4v) is 5.56. The molecule has 14 heteroatoms. The Balaban J connectivity index is 0.000000154. The molecule has 8 aromatic rings. The molecule has 0 saturated heterocycles. The van der Waals surface area contributed by atoms with Gasteiger partial charge in [0.1, 0.15) is 39.4 Å². The van der Waals surface area contributed by atoms with E-state index in [4.69, 9.17) is 0 Å². The Hall–Kier alpha value is -6.44. The van der Waals surface area contributed by atoms with E-state index in [0.29, 0.717) is 45.0 Å². The van der Waals surface area contributed by atoms with Crippen molar-refractivity contribution in [3.63, 3.8) is 0 Å². The van der Waals surface area contributed by atoms with Gasteiger partial charge in [0.25, 0.3) is 5.91 Å². The van der Waals surface area contributed by atoms with Crippen molar-refractivity contribution < 1.29 is 14.7 Å². The Kier molecular flexibility index (Phi) is 7.19. The molecule has 1 amide bonds. The third kappa shape index (κ3) is 5.38. The Labute approximate surface area is 272 Å². The van der Waals surface area contributed by atoms with Gasteiger partial charge < -0.3 is 20.4 Å². The fourth-order valence-electron chi connectivity index (χ4n) is 5.56. The third-order valence-corrected chi connectivity index (χ3v) is 7.73. The highest BCUT2D eigenvalue weighted by Gasteiger charge is 2.21. The van der Waals surface area contributed by atoms with Crippen LogP contribution in [0.15, 0.2) is 73.3 Å². The van der Waals surface area contributed by atoms with Crippen LogP contribution in [-0.2, 0) is 14.1 Å². The number of nitrogens with zero attached hydrogens (tertiary/aromatic N) is 8. The van der Waals surface area contributed by atoms with Gasteiger partial charge in [0.2, 0.25) is 0 Å². The molecule has 0 bridgehead atoms. The molecule has 0 aliphatic carbocycles. The summed E-state index contributed by atoms with van der Waals surface area (Å²) in [5.41, 5.74) is 6.76. The summed E-state index contributed by atoms with van der Waals surface area (Å²) < 4.78 is 3.59. The number of rotatable bonds is 4. The molecule has 0 saturated carbocycles. The fraction of sp³-hybridized carbons (Fsp3) is 0.176. The number of nitrogens with one attached hydrogen (secondary N) is 3. The second-order valence-corrected chi connectivity index (χ2v) is 12.3. The lowest BCUT2D eigenvalue weighted by Crippen LogP contribution is -2.40. The van der Waals surface area contributed by atoms with Crippen molar-refractivity contribution in [1.29, 1.82) is 0 Å². The quantitative estimate of drug-likeness (QED) is 0.199. The molecule has 0 unspecified atom stereocenters. The molecule has 0 spiro atoms. The van der Waals surface area contributed by atoms with Crippen LogP contribution < -0.4 is 5.32 Å². The first-order valence-corrected chi connectivity index (χ1v) is 15.1. The molecule has 0 fully saturated rings. The largest absolute Gasteiger partial charge is 0.478 e. The van der Waals surface area contributed by atoms with Crippen LogP contribution in [0.4, 0.5) is 0 Å². The maximum absolute atomic E-state index is 12.6. The number of aryl methyl sites for hydroxylation is 2. The summed E-state index contributed by atoms with van der Waals surface area (Å²) in [5, 5.41) is 23.2. The predicted octanol–water partition coefficient (Wildman–Crippen LogP) is 5.25. The molecule has 2 aromatic carbocycles. The lowest BCUT2D eigenvalue weighted by atomic mass is 10.1. The van der Waals surface area contributed by atoms with Gasteiger partial charge in [-0.15, -0.1) is 0 Å². The zero-order chi connectivity index (χ0) is 33.7. The van der Waals surface area contributed by atoms with E-state index in [0.717, 1.165) is 27.5 Å². The first-order chi connectivity index (χ1) is 23.0. The van der Waals surface area contributed by atoms with Crippen LogP contribution in [0.1, 0.15) is 41.5 Å². The van der Waals surface area contributed by atoms with Gasteiger partial charge in [0, 0.05) is 42.8 Å². The highest BCUT2D eigenvalue weighted by atomic mass is 16.4. The molecule has 0 aliphatic heterocycles. The number of hydrogen-bond acceptors (Lipinski definition) is 8. The van der Waals surface area contributed by atoms with Gasteiger partial charge >= 0.3 is 5.97 Å². The summed E-state index contributed by atoms with van der Waals surface area (Å²) in [6.07, 6.45) is 6.32. The number of carboxylic acids is 1. The molecule has 14 nitrogen and oxygen atoms in total. The Morgan fingerprint density at radius 2 is 1.19 bits per heavy atom. The molecule has 0 aliphatic rings. The highest BCUT2D eigenvalue weighted by molar-refractivity contribution is 6.05. The van der Waals surface area contributed by atoms with E-state index < -0.39 is 5.97 Å². The minimum atomic E-state index is -1.04. The lowest BCUT2D eigenvalue weighted by molar-refractivity contribution is 0.0698. The van der Waals surface area contributed by atoms with E-state index >= 15 is 0 Å². The van der Waals surface area contributed by atoms with Crippen LogP contribution in [0.3, 0.4) is 0 Å². The molecule has 6 aromatic heterocycles. The van der Waals surface area contributed by atoms with E-state index in [1.807, 2.05) is 88.1 Å². The molecular formula is C34H31N11O3. The van der Waals surface area contributed by atoms with Gasteiger partial charge in [-0.2, -0.15) is 10.2 Å². The number of aromatic amines is 2. The first-order valence-electron chi connectivity index (χ1n) is 15.1. The molecule has 48 heavy (non-hydrogen) atoms. The van der Waals surface area contributed by atoms with E-state index in [-0.39, 0.29) is 17.0 Å². The Bertz CT molecular complexity index is 2510. The van der Waals surface area contributed by atoms with Crippen molar-refractivity contribution in [3.8, 4) is 22.8 Å². The molecule has 240 valence electrons. The molecule has 0 atom stereocenters. The number of para-hydroxylation sites is 2. The standard InChI is InChI=1S/C19H20N6O.C15H11N5O2/c1-19(2,3)23-18(26)12-9-20-17-16(12)22-13(10-21-17)15-11-7-5-6-8-14(11)25(4)24-15;1-20-11-5-3-2-4-8(11)12(19-20)10-7-17-14-13(18-10)9(6-16-14)15(21)22/h5-10H,1-4H3,(H,20,21)(H,23,26);2-7H,1H3,(H,16,17)(H,21,22). The number of carbonyl (C=O) groups is 2. The summed E-state index contributed by atoms with van der Waals surface area (Å²) in [7, 11) is 3.76. The molecular weight excluding hydrogens is 610 g/mol. The van der Waals surface area contributed by atoms with Crippen molar-refractivity contribution in [2.45, 2.75) is 26.3 Å². The van der Waals surface area contributed by atoms with Crippen molar-refractivity contribution in [2.24, 2.45) is 14.1 Å². The van der Waals surface area contributed by atoms with Crippen LogP contribution in [0, 0.1) is 0 Å². The number of carboxylic acid groups (broad SMARTS) is 1. The number of amides is 1. The van der Waals surface area contributed by atoms with Gasteiger partial charge in [-0.1, -0.05) is 36.4 Å². The minimum absolute atomic E-state index is 0.101. The number of benzene rings is 2. The number of aromatic nitrogens is 10. The summed E-state index contributed by atoms with van der Waals surface area (Å²) >= 11 is 0. The van der Waals surface area contributed by atoms with Crippen molar-refractivity contribution >= 4 is 56.0 Å². The van der Waals surface area contributed by atoms with E-state index in [1.54, 1.807) is 23.3 Å². The van der Waals surface area contributed by atoms with Crippen LogP contribution in [-0.4, -0.2) is 72.0 Å². The third-order valence-electron chi connectivity index (χ3n) is 7.73. The van der Waals surface area contributed by atoms with Crippen LogP contribution in [0.25, 0.3) is 66.9 Å². The molecule has 0 radical (unpaired) electrons. The Morgan fingerprint density at radius 1 is 0.729 bits per heavy atom. The van der Waals surface area contributed by atoms with Gasteiger partial charge in [-0.25, -0.2) is 24.7 Å². The minimum Gasteiger partial charge on any atom is -0.478 e. The van der Waals surface area contributed by atoms with Crippen molar-refractivity contribution in [2.75, 3.05) is 0 Å². The summed E-state index contributed by atoms with van der Waals surface area (Å²) in [6, 6.07) is 15.8. The monoisotopic (exact) mass is 641 g/mol. The average Bonchev–Trinajstić information content (AvgIpc) is 3.83. The number of H-pyrrole nitrogens is 2. The molecule has 8 rings (SSSR count). The SMILES string of the molecule is Cn1nc(-c2cnc3[nH]cc(C(=O)NC(C)(C)C)c3n2)c2ccccc21.Cn1nc(-c2cnc3[nH]cc(C(=O)O)c3n2)c2ccccc21. The number of aromatic carboxylic acids is 1. The molecule has 6 heterocycles.